The van der Waals surface area contributed by atoms with Crippen molar-refractivity contribution in [3.63, 3.8) is 0 Å². The average molecular weight is 294 g/mol. The monoisotopic (exact) mass is 294 g/mol. The fraction of sp³-hybridized carbons (Fsp3) is 0.417. The number of pyridine rings is 1. The highest BCUT2D eigenvalue weighted by Crippen LogP contribution is 2.24. The van der Waals surface area contributed by atoms with Crippen molar-refractivity contribution in [2.45, 2.75) is 30.2 Å². The first-order valence-electron chi connectivity index (χ1n) is 6.14. The Morgan fingerprint density at radius 3 is 2.75 bits per heavy atom. The molecule has 2 N–H and O–H groups in total. The lowest BCUT2D eigenvalue weighted by molar-refractivity contribution is -0.122. The molecule has 7 nitrogen and oxygen atoms in total. The fourth-order valence-corrected chi connectivity index (χ4v) is 3.82. The van der Waals surface area contributed by atoms with Crippen molar-refractivity contribution in [1.82, 2.24) is 9.29 Å². The van der Waals surface area contributed by atoms with Gasteiger partial charge in [0.05, 0.1) is 0 Å². The fourth-order valence-electron chi connectivity index (χ4n) is 2.21. The van der Waals surface area contributed by atoms with Crippen molar-refractivity contribution in [2.75, 3.05) is 6.54 Å². The summed E-state index contributed by atoms with van der Waals surface area (Å²) in [5.41, 5.74) is 5.41. The third kappa shape index (κ3) is 2.64. The molecule has 8 heteroatoms. The summed E-state index contributed by atoms with van der Waals surface area (Å²) in [6.07, 6.45) is 3.01. The van der Waals surface area contributed by atoms with E-state index in [1.54, 1.807) is 0 Å². The summed E-state index contributed by atoms with van der Waals surface area (Å²) in [4.78, 5) is 15.1. The lowest BCUT2D eigenvalue weighted by atomic mass is 10.0. The van der Waals surface area contributed by atoms with Crippen molar-refractivity contribution in [3.05, 3.63) is 24.0 Å². The van der Waals surface area contributed by atoms with Crippen LogP contribution in [-0.2, 0) is 14.8 Å². The first-order valence-corrected chi connectivity index (χ1v) is 7.58. The Morgan fingerprint density at radius 2 is 2.20 bits per heavy atom. The summed E-state index contributed by atoms with van der Waals surface area (Å²) in [5.74, 6) is -0.644. The minimum absolute atomic E-state index is 0.0374. The molecule has 1 aromatic rings. The van der Waals surface area contributed by atoms with Crippen LogP contribution in [0.1, 0.15) is 25.0 Å². The number of nitrogens with zero attached hydrogens (tertiary/aromatic N) is 3. The number of primary amides is 1. The van der Waals surface area contributed by atoms with Gasteiger partial charge in [0, 0.05) is 12.7 Å². The number of piperidine rings is 1. The molecule has 2 rings (SSSR count). The van der Waals surface area contributed by atoms with Crippen LogP contribution in [0.15, 0.2) is 23.2 Å². The topological polar surface area (TPSA) is 117 Å². The maximum Gasteiger partial charge on any atom is 0.245 e. The predicted molar refractivity (Wildman–Crippen MR) is 69.7 cm³/mol. The van der Waals surface area contributed by atoms with Crippen LogP contribution < -0.4 is 5.73 Å². The molecule has 1 saturated heterocycles. The highest BCUT2D eigenvalue weighted by Gasteiger charge is 2.36. The maximum absolute atomic E-state index is 12.5. The van der Waals surface area contributed by atoms with E-state index in [2.05, 4.69) is 4.98 Å². The molecule has 1 aliphatic heterocycles. The summed E-state index contributed by atoms with van der Waals surface area (Å²) in [7, 11) is -3.82. The van der Waals surface area contributed by atoms with Gasteiger partial charge < -0.3 is 5.73 Å². The molecule has 1 aliphatic rings. The van der Waals surface area contributed by atoms with Crippen LogP contribution in [0.2, 0.25) is 0 Å². The van der Waals surface area contributed by atoms with Gasteiger partial charge in [0.25, 0.3) is 0 Å². The van der Waals surface area contributed by atoms with Gasteiger partial charge in [-0.25, -0.2) is 13.4 Å². The normalized spacial score (nSPS) is 20.2. The second-order valence-corrected chi connectivity index (χ2v) is 6.41. The smallest absolute Gasteiger partial charge is 0.245 e. The molecular weight excluding hydrogens is 280 g/mol. The molecular formula is C12H14N4O3S. The average Bonchev–Trinajstić information content (AvgIpc) is 2.47. The van der Waals surface area contributed by atoms with Gasteiger partial charge in [-0.2, -0.15) is 9.57 Å². The first-order chi connectivity index (χ1) is 9.46. The van der Waals surface area contributed by atoms with E-state index in [4.69, 9.17) is 11.0 Å². The van der Waals surface area contributed by atoms with Gasteiger partial charge in [-0.15, -0.1) is 0 Å². The zero-order valence-electron chi connectivity index (χ0n) is 10.7. The van der Waals surface area contributed by atoms with Crippen LogP contribution >= 0.6 is 0 Å². The molecule has 2 heterocycles. The molecule has 0 saturated carbocycles. The van der Waals surface area contributed by atoms with E-state index in [-0.39, 0.29) is 17.1 Å². The Balaban J connectivity index is 2.37. The van der Waals surface area contributed by atoms with Gasteiger partial charge in [0.15, 0.2) is 0 Å². The standard InChI is InChI=1S/C12H14N4O3S/c13-7-9-4-5-10(8-15-9)20(18,19)16-6-2-1-3-11(16)12(14)17/h4-5,8,11H,1-3,6H2,(H2,14,17). The third-order valence-corrected chi connectivity index (χ3v) is 5.13. The predicted octanol–water partition coefficient (Wildman–Crippen LogP) is -0.0182. The lowest BCUT2D eigenvalue weighted by Gasteiger charge is -2.32. The van der Waals surface area contributed by atoms with Gasteiger partial charge in [0.2, 0.25) is 15.9 Å². The SMILES string of the molecule is N#Cc1ccc(S(=O)(=O)N2CCCCC2C(N)=O)cn1. The number of carbonyl (C=O) groups is 1. The van der Waals surface area contributed by atoms with E-state index in [0.29, 0.717) is 12.8 Å². The van der Waals surface area contributed by atoms with Crippen LogP contribution in [0, 0.1) is 11.3 Å². The minimum atomic E-state index is -3.82. The zero-order chi connectivity index (χ0) is 14.8. The largest absolute Gasteiger partial charge is 0.368 e. The number of carbonyl (C=O) groups excluding carboxylic acids is 1. The second-order valence-electron chi connectivity index (χ2n) is 4.52. The van der Waals surface area contributed by atoms with E-state index in [0.717, 1.165) is 16.9 Å². The van der Waals surface area contributed by atoms with E-state index < -0.39 is 22.0 Å². The molecule has 0 radical (unpaired) electrons. The minimum Gasteiger partial charge on any atom is -0.368 e. The molecule has 1 amide bonds. The number of sulfonamides is 1. The van der Waals surface area contributed by atoms with Gasteiger partial charge in [-0.3, -0.25) is 4.79 Å². The zero-order valence-corrected chi connectivity index (χ0v) is 11.5. The second kappa shape index (κ2) is 5.56. The summed E-state index contributed by atoms with van der Waals surface area (Å²) >= 11 is 0. The Bertz CT molecular complexity index is 648. The quantitative estimate of drug-likeness (QED) is 0.840. The molecule has 1 fully saturated rings. The van der Waals surface area contributed by atoms with Crippen molar-refractivity contribution in [1.29, 1.82) is 5.26 Å². The first kappa shape index (κ1) is 14.4. The number of nitriles is 1. The number of rotatable bonds is 3. The van der Waals surface area contributed by atoms with E-state index in [1.807, 2.05) is 6.07 Å². The van der Waals surface area contributed by atoms with Crippen molar-refractivity contribution in [2.24, 2.45) is 5.73 Å². The van der Waals surface area contributed by atoms with Crippen molar-refractivity contribution >= 4 is 15.9 Å². The molecule has 0 spiro atoms. The molecule has 20 heavy (non-hydrogen) atoms. The van der Waals surface area contributed by atoms with Gasteiger partial charge in [-0.05, 0) is 25.0 Å². The molecule has 0 bridgehead atoms. The maximum atomic E-state index is 12.5. The van der Waals surface area contributed by atoms with Crippen LogP contribution in [0.5, 0.6) is 0 Å². The van der Waals surface area contributed by atoms with E-state index in [1.165, 1.54) is 12.1 Å². The molecule has 106 valence electrons. The third-order valence-electron chi connectivity index (χ3n) is 3.24. The van der Waals surface area contributed by atoms with Crippen molar-refractivity contribution < 1.29 is 13.2 Å². The van der Waals surface area contributed by atoms with Crippen LogP contribution in [0.25, 0.3) is 0 Å². The summed E-state index contributed by atoms with van der Waals surface area (Å²) in [6.45, 7) is 0.260. The number of aromatic nitrogens is 1. The molecule has 1 unspecified atom stereocenters. The van der Waals surface area contributed by atoms with Crippen molar-refractivity contribution in [3.8, 4) is 6.07 Å². The molecule has 0 aromatic carbocycles. The van der Waals surface area contributed by atoms with Gasteiger partial charge in [-0.1, -0.05) is 6.42 Å². The number of hydrogen-bond donors (Lipinski definition) is 1. The lowest BCUT2D eigenvalue weighted by Crippen LogP contribution is -2.50. The summed E-state index contributed by atoms with van der Waals surface area (Å²) < 4.78 is 26.1. The van der Waals surface area contributed by atoms with E-state index in [9.17, 15) is 13.2 Å². The number of amides is 1. The number of hydrogen-bond acceptors (Lipinski definition) is 5. The van der Waals surface area contributed by atoms with Crippen LogP contribution in [0.4, 0.5) is 0 Å². The summed E-state index contributed by atoms with van der Waals surface area (Å²) in [5, 5.41) is 8.66. The van der Waals surface area contributed by atoms with E-state index >= 15 is 0 Å². The van der Waals surface area contributed by atoms with Crippen LogP contribution in [0.3, 0.4) is 0 Å². The highest BCUT2D eigenvalue weighted by molar-refractivity contribution is 7.89. The Morgan fingerprint density at radius 1 is 1.45 bits per heavy atom. The van der Waals surface area contributed by atoms with Gasteiger partial charge >= 0.3 is 0 Å². The Hall–Kier alpha value is -1.98. The van der Waals surface area contributed by atoms with Crippen LogP contribution in [-0.4, -0.2) is 36.2 Å². The molecule has 1 atom stereocenters. The summed E-state index contributed by atoms with van der Waals surface area (Å²) in [6, 6.07) is 3.65. The Labute approximate surface area is 117 Å². The highest BCUT2D eigenvalue weighted by atomic mass is 32.2. The number of nitrogens with two attached hydrogens (primary N) is 1. The molecule has 1 aromatic heterocycles. The van der Waals surface area contributed by atoms with Gasteiger partial charge in [0.1, 0.15) is 22.7 Å². The Kier molecular flexibility index (Phi) is 4.01. The molecule has 0 aliphatic carbocycles.